The molecule has 0 aliphatic rings. The Morgan fingerprint density at radius 1 is 1.47 bits per heavy atom. The smallest absolute Gasteiger partial charge is 0.0455 e. The van der Waals surface area contributed by atoms with Gasteiger partial charge in [-0.05, 0) is 44.4 Å². The minimum absolute atomic E-state index is 0.251. The maximum atomic E-state index is 8.73. The van der Waals surface area contributed by atoms with Crippen LogP contribution in [0.5, 0.6) is 0 Å². The molecular formula is C12H18ClNO. The van der Waals surface area contributed by atoms with Crippen LogP contribution >= 0.6 is 11.6 Å². The van der Waals surface area contributed by atoms with Crippen molar-refractivity contribution in [3.8, 4) is 0 Å². The Hall–Kier alpha value is -0.730. The van der Waals surface area contributed by atoms with Crippen molar-refractivity contribution in [2.75, 3.05) is 11.9 Å². The third-order valence-electron chi connectivity index (χ3n) is 2.46. The average Bonchev–Trinajstić information content (AvgIpc) is 2.22. The number of anilines is 1. The number of nitrogens with one attached hydrogen (secondary N) is 1. The summed E-state index contributed by atoms with van der Waals surface area (Å²) in [6, 6.07) is 6.21. The number of hydrogen-bond donors (Lipinski definition) is 2. The predicted octanol–water partition coefficient (Wildman–Crippen LogP) is 3.22. The van der Waals surface area contributed by atoms with E-state index in [1.165, 1.54) is 0 Å². The average molecular weight is 228 g/mol. The van der Waals surface area contributed by atoms with E-state index in [-0.39, 0.29) is 6.61 Å². The molecule has 0 spiro atoms. The number of hydrogen-bond acceptors (Lipinski definition) is 2. The first-order valence-corrected chi connectivity index (χ1v) is 5.65. The zero-order chi connectivity index (χ0) is 11.3. The predicted molar refractivity (Wildman–Crippen MR) is 65.6 cm³/mol. The summed E-state index contributed by atoms with van der Waals surface area (Å²) in [7, 11) is 0. The number of aliphatic hydroxyl groups is 1. The van der Waals surface area contributed by atoms with Crippen LogP contribution in [0.3, 0.4) is 0 Å². The summed E-state index contributed by atoms with van der Waals surface area (Å²) < 4.78 is 0. The van der Waals surface area contributed by atoms with Crippen LogP contribution in [0, 0.1) is 6.92 Å². The maximum absolute atomic E-state index is 8.73. The highest BCUT2D eigenvalue weighted by Gasteiger charge is 2.05. The molecule has 0 bridgehead atoms. The Morgan fingerprint density at radius 3 is 2.87 bits per heavy atom. The maximum Gasteiger partial charge on any atom is 0.0455 e. The summed E-state index contributed by atoms with van der Waals surface area (Å²) in [5.41, 5.74) is 2.16. The monoisotopic (exact) mass is 227 g/mol. The van der Waals surface area contributed by atoms with Crippen molar-refractivity contribution in [1.29, 1.82) is 0 Å². The lowest BCUT2D eigenvalue weighted by Crippen LogP contribution is -2.16. The van der Waals surface area contributed by atoms with Gasteiger partial charge in [0.25, 0.3) is 0 Å². The van der Waals surface area contributed by atoms with Gasteiger partial charge in [-0.15, -0.1) is 0 Å². The molecule has 1 aromatic rings. The molecule has 1 atom stereocenters. The summed E-state index contributed by atoms with van der Waals surface area (Å²) >= 11 is 6.02. The molecule has 0 saturated carbocycles. The highest BCUT2D eigenvalue weighted by atomic mass is 35.5. The second-order valence-electron chi connectivity index (χ2n) is 3.82. The van der Waals surface area contributed by atoms with Crippen molar-refractivity contribution in [1.82, 2.24) is 0 Å². The second kappa shape index (κ2) is 5.99. The molecule has 0 aromatic heterocycles. The van der Waals surface area contributed by atoms with E-state index in [9.17, 15) is 0 Å². The van der Waals surface area contributed by atoms with Crippen molar-refractivity contribution in [3.63, 3.8) is 0 Å². The highest BCUT2D eigenvalue weighted by molar-refractivity contribution is 6.31. The summed E-state index contributed by atoms with van der Waals surface area (Å²) in [5.74, 6) is 0. The third kappa shape index (κ3) is 3.73. The SMILES string of the molecule is Cc1c(Cl)cccc1NC(C)CCCO. The Balaban J connectivity index is 2.60. The minimum atomic E-state index is 0.251. The Morgan fingerprint density at radius 2 is 2.20 bits per heavy atom. The van der Waals surface area contributed by atoms with Gasteiger partial charge in [0.1, 0.15) is 0 Å². The van der Waals surface area contributed by atoms with Gasteiger partial charge < -0.3 is 10.4 Å². The molecule has 0 saturated heterocycles. The second-order valence-corrected chi connectivity index (χ2v) is 4.23. The van der Waals surface area contributed by atoms with Gasteiger partial charge in [0.15, 0.2) is 0 Å². The molecule has 0 heterocycles. The zero-order valence-corrected chi connectivity index (χ0v) is 10.0. The summed E-state index contributed by atoms with van der Waals surface area (Å²) in [5, 5.41) is 12.9. The molecule has 15 heavy (non-hydrogen) atoms. The molecule has 1 aromatic carbocycles. The molecule has 1 unspecified atom stereocenters. The first-order valence-electron chi connectivity index (χ1n) is 5.27. The van der Waals surface area contributed by atoms with Gasteiger partial charge in [0.2, 0.25) is 0 Å². The number of benzene rings is 1. The van der Waals surface area contributed by atoms with E-state index in [0.29, 0.717) is 6.04 Å². The topological polar surface area (TPSA) is 32.3 Å². The van der Waals surface area contributed by atoms with Crippen molar-refractivity contribution in [3.05, 3.63) is 28.8 Å². The molecule has 0 aliphatic heterocycles. The quantitative estimate of drug-likeness (QED) is 0.810. The van der Waals surface area contributed by atoms with Crippen LogP contribution in [-0.4, -0.2) is 17.8 Å². The summed E-state index contributed by atoms with van der Waals surface area (Å²) in [6.07, 6.45) is 1.79. The lowest BCUT2D eigenvalue weighted by atomic mass is 10.1. The fourth-order valence-electron chi connectivity index (χ4n) is 1.50. The van der Waals surface area contributed by atoms with Crippen LogP contribution in [0.2, 0.25) is 5.02 Å². The van der Waals surface area contributed by atoms with E-state index in [4.69, 9.17) is 16.7 Å². The van der Waals surface area contributed by atoms with Crippen LogP contribution in [0.25, 0.3) is 0 Å². The van der Waals surface area contributed by atoms with Crippen LogP contribution in [-0.2, 0) is 0 Å². The summed E-state index contributed by atoms with van der Waals surface area (Å²) in [4.78, 5) is 0. The lowest BCUT2D eigenvalue weighted by Gasteiger charge is -2.17. The Labute approximate surface area is 96.3 Å². The van der Waals surface area contributed by atoms with Gasteiger partial charge in [-0.1, -0.05) is 17.7 Å². The molecule has 0 fully saturated rings. The highest BCUT2D eigenvalue weighted by Crippen LogP contribution is 2.23. The fourth-order valence-corrected chi connectivity index (χ4v) is 1.67. The largest absolute Gasteiger partial charge is 0.396 e. The third-order valence-corrected chi connectivity index (χ3v) is 2.87. The minimum Gasteiger partial charge on any atom is -0.396 e. The standard InChI is InChI=1S/C12H18ClNO/c1-9(5-4-8-15)14-12-7-3-6-11(13)10(12)2/h3,6-7,9,14-15H,4-5,8H2,1-2H3. The van der Waals surface area contributed by atoms with Crippen LogP contribution in [0.4, 0.5) is 5.69 Å². The van der Waals surface area contributed by atoms with E-state index < -0.39 is 0 Å². The molecule has 0 radical (unpaired) electrons. The number of aliphatic hydroxyl groups excluding tert-OH is 1. The fraction of sp³-hybridized carbons (Fsp3) is 0.500. The number of rotatable bonds is 5. The molecule has 2 nitrogen and oxygen atoms in total. The normalized spacial score (nSPS) is 12.5. The van der Waals surface area contributed by atoms with Gasteiger partial charge in [-0.2, -0.15) is 0 Å². The van der Waals surface area contributed by atoms with Crippen molar-refractivity contribution in [2.24, 2.45) is 0 Å². The van der Waals surface area contributed by atoms with E-state index in [0.717, 1.165) is 29.1 Å². The van der Waals surface area contributed by atoms with E-state index in [1.807, 2.05) is 25.1 Å². The molecular weight excluding hydrogens is 210 g/mol. The van der Waals surface area contributed by atoms with Crippen molar-refractivity contribution >= 4 is 17.3 Å². The van der Waals surface area contributed by atoms with Gasteiger partial charge in [-0.3, -0.25) is 0 Å². The van der Waals surface area contributed by atoms with Crippen LogP contribution in [0.15, 0.2) is 18.2 Å². The molecule has 2 N–H and O–H groups in total. The van der Waals surface area contributed by atoms with Gasteiger partial charge in [0.05, 0.1) is 0 Å². The lowest BCUT2D eigenvalue weighted by molar-refractivity contribution is 0.282. The molecule has 3 heteroatoms. The Kier molecular flexibility index (Phi) is 4.92. The van der Waals surface area contributed by atoms with Crippen LogP contribution < -0.4 is 5.32 Å². The van der Waals surface area contributed by atoms with Crippen molar-refractivity contribution < 1.29 is 5.11 Å². The zero-order valence-electron chi connectivity index (χ0n) is 9.26. The molecule has 84 valence electrons. The van der Waals surface area contributed by atoms with E-state index >= 15 is 0 Å². The first kappa shape index (κ1) is 12.3. The summed E-state index contributed by atoms with van der Waals surface area (Å²) in [6.45, 7) is 4.36. The first-order chi connectivity index (χ1) is 7.15. The van der Waals surface area contributed by atoms with Gasteiger partial charge >= 0.3 is 0 Å². The molecule has 0 aliphatic carbocycles. The molecule has 0 amide bonds. The molecule has 1 rings (SSSR count). The van der Waals surface area contributed by atoms with Gasteiger partial charge in [-0.25, -0.2) is 0 Å². The van der Waals surface area contributed by atoms with E-state index in [1.54, 1.807) is 0 Å². The van der Waals surface area contributed by atoms with Crippen LogP contribution in [0.1, 0.15) is 25.3 Å². The van der Waals surface area contributed by atoms with Crippen molar-refractivity contribution in [2.45, 2.75) is 32.7 Å². The van der Waals surface area contributed by atoms with Gasteiger partial charge in [0, 0.05) is 23.4 Å². The van der Waals surface area contributed by atoms with E-state index in [2.05, 4.69) is 12.2 Å². The number of halogens is 1. The Bertz CT molecular complexity index is 314.